The first-order valence-electron chi connectivity index (χ1n) is 5.57. The Labute approximate surface area is 124 Å². The Hall–Kier alpha value is -1.52. The molecule has 1 atom stereocenters. The number of hydrogen-bond acceptors (Lipinski definition) is 2. The van der Waals surface area contributed by atoms with Crippen LogP contribution in [0.2, 0.25) is 5.02 Å². The summed E-state index contributed by atoms with van der Waals surface area (Å²) in [4.78, 5) is 11.4. The first-order chi connectivity index (χ1) is 9.08. The van der Waals surface area contributed by atoms with E-state index < -0.39 is 12.0 Å². The summed E-state index contributed by atoms with van der Waals surface area (Å²) in [6, 6.07) is 13.3. The molecule has 0 radical (unpaired) electrons. The van der Waals surface area contributed by atoms with Crippen molar-refractivity contribution in [1.82, 2.24) is 0 Å². The second-order valence-electron chi connectivity index (χ2n) is 3.95. The molecule has 0 amide bonds. The van der Waals surface area contributed by atoms with E-state index in [1.54, 1.807) is 24.3 Å². The van der Waals surface area contributed by atoms with Crippen molar-refractivity contribution in [2.45, 2.75) is 6.04 Å². The quantitative estimate of drug-likeness (QED) is 0.870. The smallest absolute Gasteiger partial charge is 0.330 e. The molecule has 1 unspecified atom stereocenters. The molecule has 3 nitrogen and oxygen atoms in total. The number of para-hydroxylation sites is 1. The number of aliphatic carboxylic acids is 1. The fourth-order valence-corrected chi connectivity index (χ4v) is 2.20. The van der Waals surface area contributed by atoms with Crippen LogP contribution in [0.5, 0.6) is 0 Å². The van der Waals surface area contributed by atoms with Gasteiger partial charge < -0.3 is 10.4 Å². The zero-order valence-electron chi connectivity index (χ0n) is 9.81. The molecule has 0 bridgehead atoms. The number of benzene rings is 2. The van der Waals surface area contributed by atoms with Crippen LogP contribution in [0.25, 0.3) is 0 Å². The summed E-state index contributed by atoms with van der Waals surface area (Å²) in [5.74, 6) is -0.946. The number of nitrogens with one attached hydrogen (secondary N) is 1. The maximum Gasteiger partial charge on any atom is 0.330 e. The molecule has 0 saturated carbocycles. The van der Waals surface area contributed by atoms with E-state index in [0.29, 0.717) is 10.6 Å². The minimum Gasteiger partial charge on any atom is -0.479 e. The van der Waals surface area contributed by atoms with Gasteiger partial charge in [0.05, 0.1) is 0 Å². The summed E-state index contributed by atoms with van der Waals surface area (Å²) in [6.07, 6.45) is 0. The first-order valence-corrected chi connectivity index (χ1v) is 6.74. The van der Waals surface area contributed by atoms with Crippen LogP contribution in [0.4, 0.5) is 5.69 Å². The van der Waals surface area contributed by atoms with Crippen LogP contribution >= 0.6 is 27.5 Å². The average Bonchev–Trinajstić information content (AvgIpc) is 2.39. The minimum atomic E-state index is -0.946. The van der Waals surface area contributed by atoms with E-state index in [1.807, 2.05) is 24.3 Å². The third kappa shape index (κ3) is 3.49. The van der Waals surface area contributed by atoms with Gasteiger partial charge >= 0.3 is 5.97 Å². The molecule has 0 spiro atoms. The van der Waals surface area contributed by atoms with Gasteiger partial charge in [-0.25, -0.2) is 4.79 Å². The molecule has 2 rings (SSSR count). The predicted octanol–water partition coefficient (Wildman–Crippen LogP) is 4.34. The predicted molar refractivity (Wildman–Crippen MR) is 79.6 cm³/mol. The molecule has 0 aromatic heterocycles. The summed E-state index contributed by atoms with van der Waals surface area (Å²) in [5.41, 5.74) is 1.37. The lowest BCUT2D eigenvalue weighted by Gasteiger charge is -2.17. The Kier molecular flexibility index (Phi) is 4.45. The summed E-state index contributed by atoms with van der Waals surface area (Å²) < 4.78 is 0.815. The summed E-state index contributed by atoms with van der Waals surface area (Å²) in [7, 11) is 0. The van der Waals surface area contributed by atoms with Crippen LogP contribution in [0.15, 0.2) is 53.0 Å². The molecule has 19 heavy (non-hydrogen) atoms. The first kappa shape index (κ1) is 13.9. The monoisotopic (exact) mass is 339 g/mol. The highest BCUT2D eigenvalue weighted by molar-refractivity contribution is 9.10. The summed E-state index contributed by atoms with van der Waals surface area (Å²) >= 11 is 9.19. The van der Waals surface area contributed by atoms with Crippen molar-refractivity contribution in [1.29, 1.82) is 0 Å². The number of anilines is 1. The molecule has 0 aliphatic heterocycles. The normalized spacial score (nSPS) is 11.9. The van der Waals surface area contributed by atoms with Crippen molar-refractivity contribution in [3.05, 3.63) is 63.6 Å². The lowest BCUT2D eigenvalue weighted by atomic mass is 10.1. The van der Waals surface area contributed by atoms with Gasteiger partial charge in [-0.2, -0.15) is 0 Å². The number of rotatable bonds is 4. The van der Waals surface area contributed by atoms with Gasteiger partial charge in [-0.3, -0.25) is 0 Å². The van der Waals surface area contributed by atoms with Crippen molar-refractivity contribution in [2.24, 2.45) is 0 Å². The highest BCUT2D eigenvalue weighted by atomic mass is 79.9. The summed E-state index contributed by atoms with van der Waals surface area (Å²) in [5, 5.41) is 12.9. The van der Waals surface area contributed by atoms with Gasteiger partial charge in [-0.05, 0) is 45.8 Å². The van der Waals surface area contributed by atoms with Gasteiger partial charge in [0.15, 0.2) is 6.04 Å². The maximum absolute atomic E-state index is 11.4. The molecule has 5 heteroatoms. The fraction of sp³-hybridized carbons (Fsp3) is 0.0714. The highest BCUT2D eigenvalue weighted by Gasteiger charge is 2.20. The van der Waals surface area contributed by atoms with Crippen molar-refractivity contribution in [3.8, 4) is 0 Å². The Morgan fingerprint density at radius 3 is 2.37 bits per heavy atom. The third-order valence-corrected chi connectivity index (χ3v) is 3.57. The number of carboxylic acids is 1. The minimum absolute atomic E-state index is 0.578. The van der Waals surface area contributed by atoms with Crippen LogP contribution in [0.1, 0.15) is 11.6 Å². The molecule has 2 N–H and O–H groups in total. The summed E-state index contributed by atoms with van der Waals surface area (Å²) in [6.45, 7) is 0. The number of carboxylic acid groups (broad SMARTS) is 1. The van der Waals surface area contributed by atoms with Gasteiger partial charge in [0, 0.05) is 15.2 Å². The Balaban J connectivity index is 2.29. The van der Waals surface area contributed by atoms with Gasteiger partial charge in [0.25, 0.3) is 0 Å². The van der Waals surface area contributed by atoms with Crippen molar-refractivity contribution >= 4 is 39.2 Å². The number of carbonyl (C=O) groups is 1. The Bertz CT molecular complexity index is 586. The zero-order valence-corrected chi connectivity index (χ0v) is 12.1. The van der Waals surface area contributed by atoms with Crippen LogP contribution in [0, 0.1) is 0 Å². The van der Waals surface area contributed by atoms with Gasteiger partial charge in [-0.1, -0.05) is 35.9 Å². The van der Waals surface area contributed by atoms with Crippen LogP contribution < -0.4 is 5.32 Å². The van der Waals surface area contributed by atoms with Crippen molar-refractivity contribution < 1.29 is 9.90 Å². The van der Waals surface area contributed by atoms with Gasteiger partial charge in [-0.15, -0.1) is 0 Å². The third-order valence-electron chi connectivity index (χ3n) is 2.62. The molecule has 0 aliphatic carbocycles. The van der Waals surface area contributed by atoms with Gasteiger partial charge in [0.1, 0.15) is 0 Å². The lowest BCUT2D eigenvalue weighted by molar-refractivity contribution is -0.138. The fourth-order valence-electron chi connectivity index (χ4n) is 1.68. The van der Waals surface area contributed by atoms with E-state index in [2.05, 4.69) is 21.2 Å². The molecule has 98 valence electrons. The van der Waals surface area contributed by atoms with Gasteiger partial charge in [0.2, 0.25) is 0 Å². The molecule has 0 saturated heterocycles. The van der Waals surface area contributed by atoms with Crippen LogP contribution in [-0.2, 0) is 4.79 Å². The van der Waals surface area contributed by atoms with E-state index in [1.165, 1.54) is 0 Å². The lowest BCUT2D eigenvalue weighted by Crippen LogP contribution is -2.20. The molecule has 0 fully saturated rings. The van der Waals surface area contributed by atoms with E-state index in [-0.39, 0.29) is 0 Å². The van der Waals surface area contributed by atoms with E-state index in [4.69, 9.17) is 11.6 Å². The Morgan fingerprint density at radius 1 is 1.16 bits per heavy atom. The molecule has 2 aromatic rings. The zero-order chi connectivity index (χ0) is 13.8. The topological polar surface area (TPSA) is 49.3 Å². The van der Waals surface area contributed by atoms with Crippen molar-refractivity contribution in [2.75, 3.05) is 5.32 Å². The SMILES string of the molecule is O=C(O)C(Nc1ccccc1Br)c1ccc(Cl)cc1. The molecular weight excluding hydrogens is 330 g/mol. The highest BCUT2D eigenvalue weighted by Crippen LogP contribution is 2.27. The van der Waals surface area contributed by atoms with Crippen molar-refractivity contribution in [3.63, 3.8) is 0 Å². The van der Waals surface area contributed by atoms with E-state index >= 15 is 0 Å². The number of hydrogen-bond donors (Lipinski definition) is 2. The van der Waals surface area contributed by atoms with Crippen LogP contribution in [-0.4, -0.2) is 11.1 Å². The maximum atomic E-state index is 11.4. The molecule has 0 aliphatic rings. The standard InChI is InChI=1S/C14H11BrClNO2/c15-11-3-1-2-4-12(11)17-13(14(18)19)9-5-7-10(16)8-6-9/h1-8,13,17H,(H,18,19). The largest absolute Gasteiger partial charge is 0.479 e. The van der Waals surface area contributed by atoms with Crippen LogP contribution in [0.3, 0.4) is 0 Å². The second kappa shape index (κ2) is 6.08. The average molecular weight is 341 g/mol. The number of halogens is 2. The second-order valence-corrected chi connectivity index (χ2v) is 5.24. The van der Waals surface area contributed by atoms with E-state index in [9.17, 15) is 9.90 Å². The Morgan fingerprint density at radius 2 is 1.79 bits per heavy atom. The molecule has 2 aromatic carbocycles. The van der Waals surface area contributed by atoms with E-state index in [0.717, 1.165) is 10.2 Å². The molecular formula is C14H11BrClNO2. The molecule has 0 heterocycles.